The first-order chi connectivity index (χ1) is 9.50. The predicted molar refractivity (Wildman–Crippen MR) is 74.8 cm³/mol. The summed E-state index contributed by atoms with van der Waals surface area (Å²) in [5.41, 5.74) is 2.21. The zero-order chi connectivity index (χ0) is 14.6. The van der Waals surface area contributed by atoms with E-state index in [9.17, 15) is 13.2 Å². The highest BCUT2D eigenvalue weighted by atomic mass is 19.4. The summed E-state index contributed by atoms with van der Waals surface area (Å²) in [6, 6.07) is 8.07. The third kappa shape index (κ3) is 3.88. The second kappa shape index (κ2) is 6.48. The molecular formula is C15H21F3N2. The molecule has 1 fully saturated rings. The lowest BCUT2D eigenvalue weighted by Gasteiger charge is -2.34. The van der Waals surface area contributed by atoms with Crippen LogP contribution in [0.2, 0.25) is 0 Å². The summed E-state index contributed by atoms with van der Waals surface area (Å²) in [6.07, 6.45) is -3.65. The molecule has 0 aromatic heterocycles. The van der Waals surface area contributed by atoms with Gasteiger partial charge in [-0.25, -0.2) is 0 Å². The first kappa shape index (κ1) is 15.2. The van der Waals surface area contributed by atoms with Gasteiger partial charge >= 0.3 is 6.18 Å². The van der Waals surface area contributed by atoms with Gasteiger partial charge in [0, 0.05) is 25.3 Å². The largest absolute Gasteiger partial charge is 0.391 e. The SMILES string of the molecule is CCNCc1ccc(N2CCC(C(F)(F)F)CC2)cc1. The molecule has 112 valence electrons. The van der Waals surface area contributed by atoms with Crippen LogP contribution >= 0.6 is 0 Å². The van der Waals surface area contributed by atoms with E-state index >= 15 is 0 Å². The Kier molecular flexibility index (Phi) is 4.91. The minimum atomic E-state index is -4.04. The van der Waals surface area contributed by atoms with Crippen molar-refractivity contribution in [3.63, 3.8) is 0 Å². The Morgan fingerprint density at radius 3 is 2.25 bits per heavy atom. The summed E-state index contributed by atoms with van der Waals surface area (Å²) >= 11 is 0. The van der Waals surface area contributed by atoms with Crippen molar-refractivity contribution in [3.05, 3.63) is 29.8 Å². The van der Waals surface area contributed by atoms with E-state index in [1.54, 1.807) is 0 Å². The van der Waals surface area contributed by atoms with Gasteiger partial charge in [0.25, 0.3) is 0 Å². The fourth-order valence-corrected chi connectivity index (χ4v) is 2.56. The molecule has 1 saturated heterocycles. The molecule has 0 saturated carbocycles. The summed E-state index contributed by atoms with van der Waals surface area (Å²) in [5.74, 6) is -1.13. The van der Waals surface area contributed by atoms with Crippen LogP contribution in [0, 0.1) is 5.92 Å². The maximum absolute atomic E-state index is 12.6. The molecule has 0 amide bonds. The van der Waals surface area contributed by atoms with Crippen molar-refractivity contribution in [1.29, 1.82) is 0 Å². The van der Waals surface area contributed by atoms with Crippen LogP contribution < -0.4 is 10.2 Å². The average Bonchev–Trinajstić information content (AvgIpc) is 2.45. The molecule has 2 rings (SSSR count). The molecule has 0 radical (unpaired) electrons. The van der Waals surface area contributed by atoms with E-state index in [4.69, 9.17) is 0 Å². The third-order valence-corrected chi connectivity index (χ3v) is 3.84. The number of rotatable bonds is 4. The zero-order valence-corrected chi connectivity index (χ0v) is 11.7. The highest BCUT2D eigenvalue weighted by molar-refractivity contribution is 5.48. The second-order valence-electron chi connectivity index (χ2n) is 5.25. The third-order valence-electron chi connectivity index (χ3n) is 3.84. The van der Waals surface area contributed by atoms with Crippen molar-refractivity contribution in [3.8, 4) is 0 Å². The fraction of sp³-hybridized carbons (Fsp3) is 0.600. The molecule has 1 aromatic rings. The summed E-state index contributed by atoms with van der Waals surface area (Å²) < 4.78 is 37.8. The number of hydrogen-bond acceptors (Lipinski definition) is 2. The van der Waals surface area contributed by atoms with Gasteiger partial charge in [-0.3, -0.25) is 0 Å². The minimum Gasteiger partial charge on any atom is -0.372 e. The quantitative estimate of drug-likeness (QED) is 0.910. The maximum Gasteiger partial charge on any atom is 0.391 e. The van der Waals surface area contributed by atoms with Crippen molar-refractivity contribution in [2.24, 2.45) is 5.92 Å². The van der Waals surface area contributed by atoms with Gasteiger partial charge in [-0.15, -0.1) is 0 Å². The lowest BCUT2D eigenvalue weighted by Crippen LogP contribution is -2.38. The van der Waals surface area contributed by atoms with Gasteiger partial charge in [-0.05, 0) is 37.1 Å². The number of piperidine rings is 1. The van der Waals surface area contributed by atoms with Crippen LogP contribution in [0.5, 0.6) is 0 Å². The van der Waals surface area contributed by atoms with Crippen LogP contribution in [-0.4, -0.2) is 25.8 Å². The lowest BCUT2D eigenvalue weighted by molar-refractivity contribution is -0.179. The maximum atomic E-state index is 12.6. The number of benzene rings is 1. The van der Waals surface area contributed by atoms with Gasteiger partial charge in [0.1, 0.15) is 0 Å². The molecule has 2 nitrogen and oxygen atoms in total. The molecule has 20 heavy (non-hydrogen) atoms. The van der Waals surface area contributed by atoms with Gasteiger partial charge in [0.2, 0.25) is 0 Å². The Hall–Kier alpha value is -1.23. The predicted octanol–water partition coefficient (Wildman–Crippen LogP) is 3.57. The van der Waals surface area contributed by atoms with Crippen LogP contribution in [0.25, 0.3) is 0 Å². The van der Waals surface area contributed by atoms with E-state index in [1.165, 1.54) is 5.56 Å². The molecule has 0 bridgehead atoms. The molecule has 0 aliphatic carbocycles. The molecule has 1 heterocycles. The van der Waals surface area contributed by atoms with Crippen molar-refractivity contribution in [1.82, 2.24) is 5.32 Å². The molecule has 1 aliphatic heterocycles. The van der Waals surface area contributed by atoms with Crippen LogP contribution in [0.3, 0.4) is 0 Å². The van der Waals surface area contributed by atoms with E-state index in [-0.39, 0.29) is 12.8 Å². The lowest BCUT2D eigenvalue weighted by atomic mass is 9.96. The second-order valence-corrected chi connectivity index (χ2v) is 5.25. The monoisotopic (exact) mass is 286 g/mol. The minimum absolute atomic E-state index is 0.197. The molecular weight excluding hydrogens is 265 g/mol. The smallest absolute Gasteiger partial charge is 0.372 e. The van der Waals surface area contributed by atoms with Crippen LogP contribution in [-0.2, 0) is 6.54 Å². The molecule has 0 atom stereocenters. The van der Waals surface area contributed by atoms with E-state index < -0.39 is 12.1 Å². The Labute approximate surface area is 118 Å². The van der Waals surface area contributed by atoms with Gasteiger partial charge in [0.15, 0.2) is 0 Å². The normalized spacial score (nSPS) is 17.5. The number of halogens is 3. The molecule has 1 aromatic carbocycles. The highest BCUT2D eigenvalue weighted by Crippen LogP contribution is 2.35. The van der Waals surface area contributed by atoms with E-state index in [0.29, 0.717) is 13.1 Å². The molecule has 1 aliphatic rings. The Morgan fingerprint density at radius 1 is 1.15 bits per heavy atom. The fourth-order valence-electron chi connectivity index (χ4n) is 2.56. The van der Waals surface area contributed by atoms with E-state index in [2.05, 4.69) is 12.2 Å². The van der Waals surface area contributed by atoms with Crippen LogP contribution in [0.1, 0.15) is 25.3 Å². The molecule has 5 heteroatoms. The van der Waals surface area contributed by atoms with Gasteiger partial charge < -0.3 is 10.2 Å². The first-order valence-electron chi connectivity index (χ1n) is 7.12. The summed E-state index contributed by atoms with van der Waals surface area (Å²) in [4.78, 5) is 2.04. The Bertz CT molecular complexity index is 406. The number of alkyl halides is 3. The topological polar surface area (TPSA) is 15.3 Å². The zero-order valence-electron chi connectivity index (χ0n) is 11.7. The Balaban J connectivity index is 1.90. The summed E-state index contributed by atoms with van der Waals surface area (Å²) in [5, 5.41) is 3.25. The number of nitrogens with zero attached hydrogens (tertiary/aromatic N) is 1. The average molecular weight is 286 g/mol. The van der Waals surface area contributed by atoms with E-state index in [0.717, 1.165) is 18.8 Å². The van der Waals surface area contributed by atoms with Crippen molar-refractivity contribution in [2.45, 2.75) is 32.5 Å². The standard InChI is InChI=1S/C15H21F3N2/c1-2-19-11-12-3-5-14(6-4-12)20-9-7-13(8-10-20)15(16,17)18/h3-6,13,19H,2,7-11H2,1H3. The molecule has 0 unspecified atom stereocenters. The van der Waals surface area contributed by atoms with Crippen molar-refractivity contribution in [2.75, 3.05) is 24.5 Å². The van der Waals surface area contributed by atoms with Crippen molar-refractivity contribution < 1.29 is 13.2 Å². The van der Waals surface area contributed by atoms with Gasteiger partial charge in [-0.2, -0.15) is 13.2 Å². The van der Waals surface area contributed by atoms with E-state index in [1.807, 2.05) is 29.2 Å². The number of nitrogens with one attached hydrogen (secondary N) is 1. The van der Waals surface area contributed by atoms with Crippen LogP contribution in [0.15, 0.2) is 24.3 Å². The molecule has 0 spiro atoms. The number of anilines is 1. The van der Waals surface area contributed by atoms with Crippen LogP contribution in [0.4, 0.5) is 18.9 Å². The Morgan fingerprint density at radius 2 is 1.75 bits per heavy atom. The summed E-state index contributed by atoms with van der Waals surface area (Å²) in [7, 11) is 0. The number of hydrogen-bond donors (Lipinski definition) is 1. The molecule has 1 N–H and O–H groups in total. The highest BCUT2D eigenvalue weighted by Gasteiger charge is 2.41. The summed E-state index contributed by atoms with van der Waals surface area (Å²) in [6.45, 7) is 4.77. The van der Waals surface area contributed by atoms with Gasteiger partial charge in [-0.1, -0.05) is 19.1 Å². The van der Waals surface area contributed by atoms with Gasteiger partial charge in [0.05, 0.1) is 5.92 Å². The first-order valence-corrected chi connectivity index (χ1v) is 7.12. The van der Waals surface area contributed by atoms with Crippen molar-refractivity contribution >= 4 is 5.69 Å².